The topological polar surface area (TPSA) is 88.0 Å². The van der Waals surface area contributed by atoms with Crippen LogP contribution in [0.15, 0.2) is 36.5 Å². The molecule has 1 amide bonds. The zero-order chi connectivity index (χ0) is 21.6. The number of rotatable bonds is 3. The first-order valence-corrected chi connectivity index (χ1v) is 9.94. The van der Waals surface area contributed by atoms with Gasteiger partial charge >= 0.3 is 0 Å². The molecule has 0 bridgehead atoms. The molecular formula is C23H26N6O. The Morgan fingerprint density at radius 1 is 1.07 bits per heavy atom. The highest BCUT2D eigenvalue weighted by Gasteiger charge is 2.22. The molecule has 7 heteroatoms. The Balaban J connectivity index is 1.72. The molecule has 0 unspecified atom stereocenters. The van der Waals surface area contributed by atoms with Crippen LogP contribution in [0.4, 0.5) is 5.69 Å². The Kier molecular flexibility index (Phi) is 4.68. The van der Waals surface area contributed by atoms with Gasteiger partial charge in [-0.2, -0.15) is 10.2 Å². The van der Waals surface area contributed by atoms with Crippen LogP contribution in [0.5, 0.6) is 0 Å². The first-order chi connectivity index (χ1) is 14.1. The summed E-state index contributed by atoms with van der Waals surface area (Å²) in [5.41, 5.74) is 7.57. The molecule has 0 aliphatic rings. The minimum Gasteiger partial charge on any atom is -0.325 e. The number of hydrogen-bond acceptors (Lipinski definition) is 4. The molecule has 2 N–H and O–H groups in total. The monoisotopic (exact) mass is 402 g/mol. The maximum Gasteiger partial charge on any atom is 0.229 e. The van der Waals surface area contributed by atoms with Crippen molar-refractivity contribution in [3.05, 3.63) is 53.5 Å². The van der Waals surface area contributed by atoms with Crippen molar-refractivity contribution in [2.45, 2.75) is 41.5 Å². The van der Waals surface area contributed by atoms with Crippen LogP contribution in [-0.2, 0) is 4.79 Å². The van der Waals surface area contributed by atoms with Gasteiger partial charge in [0.25, 0.3) is 0 Å². The predicted molar refractivity (Wildman–Crippen MR) is 118 cm³/mol. The Hall–Kier alpha value is -3.48. The van der Waals surface area contributed by atoms with Gasteiger partial charge in [-0.25, -0.2) is 9.50 Å². The second-order valence-electron chi connectivity index (χ2n) is 8.69. The number of imidazole rings is 1. The van der Waals surface area contributed by atoms with Crippen LogP contribution in [0.2, 0.25) is 0 Å². The fourth-order valence-electron chi connectivity index (χ4n) is 3.31. The van der Waals surface area contributed by atoms with Gasteiger partial charge in [0.2, 0.25) is 5.91 Å². The molecule has 154 valence electrons. The lowest BCUT2D eigenvalue weighted by atomic mass is 9.95. The largest absolute Gasteiger partial charge is 0.325 e. The molecule has 3 aromatic heterocycles. The molecule has 0 saturated heterocycles. The quantitative estimate of drug-likeness (QED) is 0.520. The lowest BCUT2D eigenvalue weighted by Gasteiger charge is -2.19. The SMILES string of the molecule is Cc1ccc(-c2cn3nc(-c4c(C)n[nH]c4C)ccc3n2)cc1NC(=O)C(C)(C)C. The molecule has 4 aromatic rings. The van der Waals surface area contributed by atoms with E-state index in [1.807, 2.05) is 78.1 Å². The van der Waals surface area contributed by atoms with Crippen LogP contribution in [-0.4, -0.2) is 30.7 Å². The van der Waals surface area contributed by atoms with Gasteiger partial charge < -0.3 is 5.32 Å². The molecule has 30 heavy (non-hydrogen) atoms. The maximum atomic E-state index is 12.4. The fraction of sp³-hybridized carbons (Fsp3) is 0.304. The third-order valence-corrected chi connectivity index (χ3v) is 5.17. The van der Waals surface area contributed by atoms with E-state index in [9.17, 15) is 4.79 Å². The number of hydrogen-bond donors (Lipinski definition) is 2. The number of H-pyrrole nitrogens is 1. The van der Waals surface area contributed by atoms with Gasteiger partial charge in [0.15, 0.2) is 5.65 Å². The number of fused-ring (bicyclic) bond motifs is 1. The summed E-state index contributed by atoms with van der Waals surface area (Å²) < 4.78 is 1.78. The number of carbonyl (C=O) groups is 1. The standard InChI is InChI=1S/C23H26N6O/c1-13-7-8-16(11-18(13)25-22(30)23(4,5)6)19-12-29-20(24-19)10-9-17(28-29)21-14(2)26-27-15(21)3/h7-12H,1-6H3,(H,25,30)(H,26,27). The summed E-state index contributed by atoms with van der Waals surface area (Å²) in [6.45, 7) is 11.6. The van der Waals surface area contributed by atoms with Crippen LogP contribution < -0.4 is 5.32 Å². The number of aromatic nitrogens is 5. The van der Waals surface area contributed by atoms with Crippen molar-refractivity contribution in [3.8, 4) is 22.5 Å². The number of anilines is 1. The van der Waals surface area contributed by atoms with E-state index in [0.29, 0.717) is 0 Å². The van der Waals surface area contributed by atoms with Crippen LogP contribution in [0.1, 0.15) is 37.7 Å². The summed E-state index contributed by atoms with van der Waals surface area (Å²) in [6, 6.07) is 9.88. The predicted octanol–water partition coefficient (Wildman–Crippen LogP) is 4.70. The van der Waals surface area contributed by atoms with Crippen molar-refractivity contribution in [2.24, 2.45) is 5.41 Å². The minimum absolute atomic E-state index is 0.0186. The van der Waals surface area contributed by atoms with Crippen molar-refractivity contribution in [2.75, 3.05) is 5.32 Å². The summed E-state index contributed by atoms with van der Waals surface area (Å²) in [6.07, 6.45) is 1.91. The second kappa shape index (κ2) is 7.09. The molecule has 0 radical (unpaired) electrons. The minimum atomic E-state index is -0.463. The summed E-state index contributed by atoms with van der Waals surface area (Å²) in [4.78, 5) is 17.1. The van der Waals surface area contributed by atoms with Crippen LogP contribution in [0.25, 0.3) is 28.2 Å². The van der Waals surface area contributed by atoms with Crippen LogP contribution in [0, 0.1) is 26.2 Å². The van der Waals surface area contributed by atoms with E-state index in [1.165, 1.54) is 0 Å². The second-order valence-corrected chi connectivity index (χ2v) is 8.69. The first-order valence-electron chi connectivity index (χ1n) is 9.94. The Morgan fingerprint density at radius 2 is 1.83 bits per heavy atom. The Bertz CT molecular complexity index is 1240. The van der Waals surface area contributed by atoms with Crippen molar-refractivity contribution in [1.29, 1.82) is 0 Å². The third kappa shape index (κ3) is 3.58. The molecule has 0 aliphatic heterocycles. The first kappa shape index (κ1) is 19.8. The highest BCUT2D eigenvalue weighted by molar-refractivity contribution is 5.95. The van der Waals surface area contributed by atoms with Gasteiger partial charge in [0, 0.05) is 27.9 Å². The lowest BCUT2D eigenvalue weighted by molar-refractivity contribution is -0.123. The molecule has 0 fully saturated rings. The summed E-state index contributed by atoms with van der Waals surface area (Å²) in [7, 11) is 0. The molecule has 4 rings (SSSR count). The normalized spacial score (nSPS) is 11.8. The van der Waals surface area contributed by atoms with Crippen LogP contribution >= 0.6 is 0 Å². The van der Waals surface area contributed by atoms with Gasteiger partial charge in [-0.1, -0.05) is 32.9 Å². The summed E-state index contributed by atoms with van der Waals surface area (Å²) >= 11 is 0. The zero-order valence-electron chi connectivity index (χ0n) is 18.2. The summed E-state index contributed by atoms with van der Waals surface area (Å²) in [5.74, 6) is -0.0186. The molecule has 7 nitrogen and oxygen atoms in total. The molecular weight excluding hydrogens is 376 g/mol. The average molecular weight is 403 g/mol. The number of nitrogens with one attached hydrogen (secondary N) is 2. The number of aromatic amines is 1. The molecule has 0 spiro atoms. The smallest absolute Gasteiger partial charge is 0.229 e. The van der Waals surface area contributed by atoms with Crippen molar-refractivity contribution < 1.29 is 4.79 Å². The van der Waals surface area contributed by atoms with Crippen molar-refractivity contribution >= 4 is 17.2 Å². The highest BCUT2D eigenvalue weighted by atomic mass is 16.2. The van der Waals surface area contributed by atoms with Gasteiger partial charge in [0.05, 0.1) is 23.3 Å². The van der Waals surface area contributed by atoms with E-state index in [4.69, 9.17) is 10.1 Å². The van der Waals surface area contributed by atoms with Crippen molar-refractivity contribution in [1.82, 2.24) is 24.8 Å². The Morgan fingerprint density at radius 3 is 2.50 bits per heavy atom. The van der Waals surface area contributed by atoms with Gasteiger partial charge in [-0.15, -0.1) is 0 Å². The van der Waals surface area contributed by atoms with E-state index < -0.39 is 5.41 Å². The molecule has 0 atom stereocenters. The third-order valence-electron chi connectivity index (χ3n) is 5.17. The van der Waals surface area contributed by atoms with Gasteiger partial charge in [0.1, 0.15) is 0 Å². The number of aryl methyl sites for hydroxylation is 3. The summed E-state index contributed by atoms with van der Waals surface area (Å²) in [5, 5.41) is 15.0. The van der Waals surface area contributed by atoms with Gasteiger partial charge in [-0.3, -0.25) is 9.89 Å². The van der Waals surface area contributed by atoms with E-state index in [-0.39, 0.29) is 5.91 Å². The number of amides is 1. The number of benzene rings is 1. The van der Waals surface area contributed by atoms with E-state index in [2.05, 4.69) is 15.5 Å². The number of nitrogens with zero attached hydrogens (tertiary/aromatic N) is 4. The fourth-order valence-corrected chi connectivity index (χ4v) is 3.31. The number of carbonyl (C=O) groups excluding carboxylic acids is 1. The highest BCUT2D eigenvalue weighted by Crippen LogP contribution is 2.28. The van der Waals surface area contributed by atoms with Gasteiger partial charge in [-0.05, 0) is 44.5 Å². The van der Waals surface area contributed by atoms with E-state index in [1.54, 1.807) is 4.52 Å². The van der Waals surface area contributed by atoms with E-state index >= 15 is 0 Å². The maximum absolute atomic E-state index is 12.4. The zero-order valence-corrected chi connectivity index (χ0v) is 18.2. The van der Waals surface area contributed by atoms with Crippen molar-refractivity contribution in [3.63, 3.8) is 0 Å². The Labute approximate surface area is 175 Å². The van der Waals surface area contributed by atoms with Crippen LogP contribution in [0.3, 0.4) is 0 Å². The lowest BCUT2D eigenvalue weighted by Crippen LogP contribution is -2.27. The average Bonchev–Trinajstić information content (AvgIpc) is 3.25. The molecule has 3 heterocycles. The molecule has 1 aromatic carbocycles. The molecule has 0 saturated carbocycles. The van der Waals surface area contributed by atoms with E-state index in [0.717, 1.165) is 50.8 Å². The molecule has 0 aliphatic carbocycles.